The van der Waals surface area contributed by atoms with Crippen molar-refractivity contribution in [1.82, 2.24) is 9.97 Å². The summed E-state index contributed by atoms with van der Waals surface area (Å²) in [7, 11) is 0. The maximum Gasteiger partial charge on any atom is 0.145 e. The van der Waals surface area contributed by atoms with Crippen LogP contribution in [-0.4, -0.2) is 26.2 Å². The van der Waals surface area contributed by atoms with Gasteiger partial charge in [-0.3, -0.25) is 0 Å². The predicted molar refractivity (Wildman–Crippen MR) is 77.8 cm³/mol. The van der Waals surface area contributed by atoms with Crippen LogP contribution in [0.5, 0.6) is 0 Å². The Morgan fingerprint density at radius 1 is 1.21 bits per heavy atom. The molecule has 1 aromatic heterocycles. The average Bonchev–Trinajstić information content (AvgIpc) is 2.26. The zero-order chi connectivity index (χ0) is 14.7. The van der Waals surface area contributed by atoms with E-state index in [4.69, 9.17) is 5.84 Å². The molecule has 0 radical (unpaired) electrons. The Bertz CT molecular complexity index is 426. The van der Waals surface area contributed by atoms with Gasteiger partial charge in [0.25, 0.3) is 0 Å². The quantitative estimate of drug-likeness (QED) is 0.462. The lowest BCUT2D eigenvalue weighted by Crippen LogP contribution is -2.51. The molecule has 0 aromatic carbocycles. The van der Waals surface area contributed by atoms with Crippen molar-refractivity contribution in [3.8, 4) is 0 Å². The molecule has 0 aliphatic carbocycles. The first kappa shape index (κ1) is 15.7. The third-order valence-corrected chi connectivity index (χ3v) is 3.36. The monoisotopic (exact) mass is 267 g/mol. The fourth-order valence-electron chi connectivity index (χ4n) is 1.44. The highest BCUT2D eigenvalue weighted by molar-refractivity contribution is 5.48. The van der Waals surface area contributed by atoms with Gasteiger partial charge in [-0.1, -0.05) is 6.92 Å². The highest BCUT2D eigenvalue weighted by Gasteiger charge is 2.35. The number of hydrogen-bond donors (Lipinski definition) is 4. The van der Waals surface area contributed by atoms with Gasteiger partial charge in [0.2, 0.25) is 0 Å². The standard InChI is InChI=1S/C13H25N5O/c1-6-7-9-15-10(8-11(16-9)18-14)17-12(2,3)13(4,5)19/h8,19H,6-7,14H2,1-5H3,(H2,15,16,17,18). The second-order valence-corrected chi connectivity index (χ2v) is 5.76. The van der Waals surface area contributed by atoms with Gasteiger partial charge in [0, 0.05) is 12.5 Å². The molecule has 1 aromatic rings. The predicted octanol–water partition coefficient (Wildman–Crippen LogP) is 1.68. The van der Waals surface area contributed by atoms with Gasteiger partial charge >= 0.3 is 0 Å². The van der Waals surface area contributed by atoms with Crippen molar-refractivity contribution in [1.29, 1.82) is 0 Å². The highest BCUT2D eigenvalue weighted by atomic mass is 16.3. The van der Waals surface area contributed by atoms with E-state index in [1.54, 1.807) is 19.9 Å². The summed E-state index contributed by atoms with van der Waals surface area (Å²) in [6, 6.07) is 1.73. The van der Waals surface area contributed by atoms with E-state index >= 15 is 0 Å². The molecule has 5 N–H and O–H groups in total. The zero-order valence-electron chi connectivity index (χ0n) is 12.4. The molecule has 0 aliphatic rings. The number of rotatable bonds is 6. The molecule has 6 nitrogen and oxygen atoms in total. The van der Waals surface area contributed by atoms with E-state index in [9.17, 15) is 5.11 Å². The number of nitrogens with zero attached hydrogens (tertiary/aromatic N) is 2. The van der Waals surface area contributed by atoms with Gasteiger partial charge < -0.3 is 15.8 Å². The molecule has 0 amide bonds. The van der Waals surface area contributed by atoms with Crippen LogP contribution in [0.1, 0.15) is 46.9 Å². The minimum absolute atomic E-state index is 0.531. The van der Waals surface area contributed by atoms with Gasteiger partial charge in [-0.2, -0.15) is 0 Å². The van der Waals surface area contributed by atoms with Crippen LogP contribution >= 0.6 is 0 Å². The van der Waals surface area contributed by atoms with E-state index in [1.165, 1.54) is 0 Å². The second-order valence-electron chi connectivity index (χ2n) is 5.76. The summed E-state index contributed by atoms with van der Waals surface area (Å²) in [6.07, 6.45) is 1.75. The van der Waals surface area contributed by atoms with Gasteiger partial charge in [-0.25, -0.2) is 15.8 Å². The number of nitrogens with two attached hydrogens (primary N) is 1. The first-order chi connectivity index (χ1) is 8.69. The lowest BCUT2D eigenvalue weighted by molar-refractivity contribution is 0.0238. The number of nitrogens with one attached hydrogen (secondary N) is 2. The van der Waals surface area contributed by atoms with Crippen molar-refractivity contribution < 1.29 is 5.11 Å². The summed E-state index contributed by atoms with van der Waals surface area (Å²) in [5.74, 6) is 7.36. The van der Waals surface area contributed by atoms with Gasteiger partial charge in [-0.15, -0.1) is 0 Å². The normalized spacial score (nSPS) is 12.4. The van der Waals surface area contributed by atoms with Gasteiger partial charge in [0.05, 0.1) is 11.1 Å². The maximum atomic E-state index is 10.2. The van der Waals surface area contributed by atoms with E-state index in [1.807, 2.05) is 13.8 Å². The molecule has 0 spiro atoms. The lowest BCUT2D eigenvalue weighted by Gasteiger charge is -2.38. The fourth-order valence-corrected chi connectivity index (χ4v) is 1.44. The zero-order valence-corrected chi connectivity index (χ0v) is 12.4. The molecule has 0 aliphatic heterocycles. The third-order valence-electron chi connectivity index (χ3n) is 3.36. The number of hydrazine groups is 1. The van der Waals surface area contributed by atoms with Crippen molar-refractivity contribution in [2.24, 2.45) is 5.84 Å². The molecule has 19 heavy (non-hydrogen) atoms. The average molecular weight is 267 g/mol. The number of aryl methyl sites for hydroxylation is 1. The Kier molecular flexibility index (Phi) is 4.70. The van der Waals surface area contributed by atoms with Gasteiger partial charge in [-0.05, 0) is 34.1 Å². The summed E-state index contributed by atoms with van der Waals surface area (Å²) >= 11 is 0. The molecule has 0 saturated heterocycles. The van der Waals surface area contributed by atoms with Crippen molar-refractivity contribution in [2.75, 3.05) is 10.7 Å². The van der Waals surface area contributed by atoms with Crippen LogP contribution < -0.4 is 16.6 Å². The Labute approximate surface area is 114 Å². The summed E-state index contributed by atoms with van der Waals surface area (Å²) in [6.45, 7) is 9.43. The van der Waals surface area contributed by atoms with Crippen molar-refractivity contribution in [3.05, 3.63) is 11.9 Å². The molecular formula is C13H25N5O. The Morgan fingerprint density at radius 2 is 1.79 bits per heavy atom. The number of aliphatic hydroxyl groups is 1. The molecule has 0 bridgehead atoms. The highest BCUT2D eigenvalue weighted by Crippen LogP contribution is 2.25. The summed E-state index contributed by atoms with van der Waals surface area (Å²) in [5, 5.41) is 13.4. The van der Waals surface area contributed by atoms with Crippen LogP contribution in [-0.2, 0) is 6.42 Å². The maximum absolute atomic E-state index is 10.2. The summed E-state index contributed by atoms with van der Waals surface area (Å²) in [5.41, 5.74) is 1.12. The van der Waals surface area contributed by atoms with E-state index in [0.29, 0.717) is 11.6 Å². The van der Waals surface area contributed by atoms with Gasteiger partial charge in [0.15, 0.2) is 0 Å². The summed E-state index contributed by atoms with van der Waals surface area (Å²) < 4.78 is 0. The van der Waals surface area contributed by atoms with Crippen LogP contribution in [0, 0.1) is 0 Å². The van der Waals surface area contributed by atoms with Crippen molar-refractivity contribution in [3.63, 3.8) is 0 Å². The molecule has 6 heteroatoms. The Morgan fingerprint density at radius 3 is 2.26 bits per heavy atom. The SMILES string of the molecule is CCCc1nc(NN)cc(NC(C)(C)C(C)(C)O)n1. The van der Waals surface area contributed by atoms with Crippen LogP contribution in [0.15, 0.2) is 6.07 Å². The Balaban J connectivity index is 3.03. The number of hydrogen-bond acceptors (Lipinski definition) is 6. The molecular weight excluding hydrogens is 242 g/mol. The second kappa shape index (κ2) is 5.71. The van der Waals surface area contributed by atoms with Crippen LogP contribution in [0.25, 0.3) is 0 Å². The number of nitrogen functional groups attached to an aromatic ring is 1. The molecule has 1 rings (SSSR count). The molecule has 0 saturated carbocycles. The fraction of sp³-hybridized carbons (Fsp3) is 0.692. The third kappa shape index (κ3) is 4.04. The first-order valence-electron chi connectivity index (χ1n) is 6.54. The lowest BCUT2D eigenvalue weighted by atomic mass is 9.86. The molecule has 1 heterocycles. The molecule has 0 unspecified atom stereocenters. The van der Waals surface area contributed by atoms with E-state index < -0.39 is 11.1 Å². The smallest absolute Gasteiger partial charge is 0.145 e. The molecule has 108 valence electrons. The minimum Gasteiger partial charge on any atom is -0.388 e. The molecule has 0 fully saturated rings. The van der Waals surface area contributed by atoms with E-state index in [2.05, 4.69) is 27.6 Å². The van der Waals surface area contributed by atoms with Crippen LogP contribution in [0.4, 0.5) is 11.6 Å². The van der Waals surface area contributed by atoms with E-state index in [-0.39, 0.29) is 0 Å². The number of aromatic nitrogens is 2. The van der Waals surface area contributed by atoms with Gasteiger partial charge in [0.1, 0.15) is 17.5 Å². The van der Waals surface area contributed by atoms with Crippen molar-refractivity contribution in [2.45, 2.75) is 58.6 Å². The largest absolute Gasteiger partial charge is 0.388 e. The molecule has 0 atom stereocenters. The van der Waals surface area contributed by atoms with Crippen LogP contribution in [0.3, 0.4) is 0 Å². The van der Waals surface area contributed by atoms with Crippen LogP contribution in [0.2, 0.25) is 0 Å². The summed E-state index contributed by atoms with van der Waals surface area (Å²) in [4.78, 5) is 8.73. The Hall–Kier alpha value is -1.40. The first-order valence-corrected chi connectivity index (χ1v) is 6.54. The van der Waals surface area contributed by atoms with Crippen molar-refractivity contribution >= 4 is 11.6 Å². The van der Waals surface area contributed by atoms with E-state index in [0.717, 1.165) is 18.7 Å². The number of anilines is 2. The minimum atomic E-state index is -0.890. The topological polar surface area (TPSA) is 96.1 Å².